The van der Waals surface area contributed by atoms with Gasteiger partial charge in [-0.05, 0) is 62.6 Å². The van der Waals surface area contributed by atoms with Crippen molar-refractivity contribution in [2.45, 2.75) is 38.9 Å². The molecule has 182 valence electrons. The first-order valence-corrected chi connectivity index (χ1v) is 12.0. The molecule has 0 radical (unpaired) electrons. The third kappa shape index (κ3) is 6.30. The summed E-state index contributed by atoms with van der Waals surface area (Å²) in [6, 6.07) is 11.7. The normalized spacial score (nSPS) is 11.8. The fourth-order valence-corrected chi connectivity index (χ4v) is 4.28. The third-order valence-corrected chi connectivity index (χ3v) is 6.27. The summed E-state index contributed by atoms with van der Waals surface area (Å²) in [5, 5.41) is 12.3. The van der Waals surface area contributed by atoms with Crippen molar-refractivity contribution >= 4 is 17.7 Å². The average Bonchev–Trinajstić information content (AvgIpc) is 3.19. The summed E-state index contributed by atoms with van der Waals surface area (Å²) < 4.78 is 18.1. The van der Waals surface area contributed by atoms with Crippen LogP contribution in [0.5, 0.6) is 11.5 Å². The Morgan fingerprint density at radius 1 is 1.06 bits per heavy atom. The Morgan fingerprint density at radius 3 is 2.59 bits per heavy atom. The fourth-order valence-electron chi connectivity index (χ4n) is 3.48. The Labute approximate surface area is 205 Å². The predicted octanol–water partition coefficient (Wildman–Crippen LogP) is 4.20. The summed E-state index contributed by atoms with van der Waals surface area (Å²) in [6.45, 7) is 8.88. The van der Waals surface area contributed by atoms with Gasteiger partial charge in [0, 0.05) is 7.11 Å². The summed E-state index contributed by atoms with van der Waals surface area (Å²) in [7, 11) is 3.22. The van der Waals surface area contributed by atoms with E-state index in [2.05, 4.69) is 47.6 Å². The number of nitrogens with zero attached hydrogens (tertiary/aromatic N) is 3. The minimum absolute atomic E-state index is 0.0925. The van der Waals surface area contributed by atoms with Crippen LogP contribution >= 0.6 is 11.8 Å². The number of carbonyl (C=O) groups excluding carboxylic acids is 1. The van der Waals surface area contributed by atoms with Crippen LogP contribution < -0.4 is 14.8 Å². The number of amides is 1. The molecular formula is C25H32N4O4S. The summed E-state index contributed by atoms with van der Waals surface area (Å²) in [4.78, 5) is 12.7. The average molecular weight is 485 g/mol. The number of benzene rings is 2. The van der Waals surface area contributed by atoms with Crippen LogP contribution in [0.1, 0.15) is 35.5 Å². The fraction of sp³-hybridized carbons (Fsp3) is 0.400. The highest BCUT2D eigenvalue weighted by Gasteiger charge is 2.17. The summed E-state index contributed by atoms with van der Waals surface area (Å²) in [5.74, 6) is 2.16. The van der Waals surface area contributed by atoms with Gasteiger partial charge in [-0.15, -0.1) is 10.2 Å². The molecule has 0 aliphatic rings. The second-order valence-corrected chi connectivity index (χ2v) is 8.93. The number of ether oxygens (including phenoxy) is 3. The maximum Gasteiger partial charge on any atom is 0.230 e. The summed E-state index contributed by atoms with van der Waals surface area (Å²) in [5.41, 5.74) is 4.22. The van der Waals surface area contributed by atoms with Crippen LogP contribution in [0, 0.1) is 20.8 Å². The molecule has 0 saturated carbocycles. The molecule has 0 saturated heterocycles. The largest absolute Gasteiger partial charge is 0.493 e. The second-order valence-electron chi connectivity index (χ2n) is 7.98. The van der Waals surface area contributed by atoms with Crippen LogP contribution in [-0.4, -0.2) is 53.9 Å². The summed E-state index contributed by atoms with van der Waals surface area (Å²) >= 11 is 1.36. The van der Waals surface area contributed by atoms with Crippen molar-refractivity contribution in [3.8, 4) is 17.2 Å². The highest BCUT2D eigenvalue weighted by molar-refractivity contribution is 7.99. The topological polar surface area (TPSA) is 87.5 Å². The molecule has 1 N–H and O–H groups in total. The number of nitrogens with one attached hydrogen (secondary N) is 1. The second kappa shape index (κ2) is 11.9. The molecule has 2 aromatic carbocycles. The van der Waals surface area contributed by atoms with Crippen LogP contribution in [0.3, 0.4) is 0 Å². The van der Waals surface area contributed by atoms with Crippen LogP contribution in [-0.2, 0) is 9.53 Å². The first-order chi connectivity index (χ1) is 16.3. The van der Waals surface area contributed by atoms with Gasteiger partial charge in [0.1, 0.15) is 12.4 Å². The number of hydrogen-bond acceptors (Lipinski definition) is 7. The Morgan fingerprint density at radius 2 is 1.85 bits per heavy atom. The van der Waals surface area contributed by atoms with Gasteiger partial charge in [0.15, 0.2) is 16.7 Å². The molecular weight excluding hydrogens is 452 g/mol. The molecule has 0 fully saturated rings. The van der Waals surface area contributed by atoms with E-state index in [0.717, 1.165) is 28.2 Å². The van der Waals surface area contributed by atoms with E-state index in [1.165, 1.54) is 11.8 Å². The number of carbonyl (C=O) groups is 1. The van der Waals surface area contributed by atoms with Crippen LogP contribution in [0.2, 0.25) is 0 Å². The molecule has 1 atom stereocenters. The minimum atomic E-state index is -0.200. The quantitative estimate of drug-likeness (QED) is 0.322. The van der Waals surface area contributed by atoms with Gasteiger partial charge < -0.3 is 19.5 Å². The molecule has 1 unspecified atom stereocenters. The van der Waals surface area contributed by atoms with E-state index in [1.54, 1.807) is 14.2 Å². The Bertz CT molecular complexity index is 1130. The molecule has 34 heavy (non-hydrogen) atoms. The first kappa shape index (κ1) is 25.6. The van der Waals surface area contributed by atoms with Gasteiger partial charge >= 0.3 is 0 Å². The molecule has 3 aromatic rings. The van der Waals surface area contributed by atoms with Crippen molar-refractivity contribution in [2.75, 3.05) is 33.2 Å². The smallest absolute Gasteiger partial charge is 0.230 e. The SMILES string of the molecule is COCCOc1ccc(C(C)NC(=O)CSc2nnc(C)n2-c2cc(C)ccc2C)cc1OC. The molecule has 8 nitrogen and oxygen atoms in total. The number of aryl methyl sites for hydroxylation is 3. The standard InChI is InChI=1S/C25H32N4O4S/c1-16-7-8-17(2)21(13-16)29-19(4)27-28-25(29)34-15-24(30)26-18(3)20-9-10-22(23(14-20)32-6)33-12-11-31-5/h7-10,13-14,18H,11-12,15H2,1-6H3,(H,26,30). The van der Waals surface area contributed by atoms with Gasteiger partial charge in [-0.25, -0.2) is 0 Å². The van der Waals surface area contributed by atoms with E-state index >= 15 is 0 Å². The molecule has 1 heterocycles. The number of rotatable bonds is 11. The highest BCUT2D eigenvalue weighted by Crippen LogP contribution is 2.30. The van der Waals surface area contributed by atoms with Crippen LogP contribution in [0.4, 0.5) is 0 Å². The van der Waals surface area contributed by atoms with Gasteiger partial charge in [-0.3, -0.25) is 9.36 Å². The highest BCUT2D eigenvalue weighted by atomic mass is 32.2. The van der Waals surface area contributed by atoms with E-state index in [9.17, 15) is 4.79 Å². The maximum absolute atomic E-state index is 12.7. The lowest BCUT2D eigenvalue weighted by Gasteiger charge is -2.17. The van der Waals surface area contributed by atoms with Crippen LogP contribution in [0.25, 0.3) is 5.69 Å². The first-order valence-electron chi connectivity index (χ1n) is 11.1. The van der Waals surface area contributed by atoms with Gasteiger partial charge in [0.25, 0.3) is 0 Å². The zero-order valence-electron chi connectivity index (χ0n) is 20.5. The van der Waals surface area contributed by atoms with Crippen molar-refractivity contribution in [3.63, 3.8) is 0 Å². The Kier molecular flexibility index (Phi) is 8.95. The zero-order valence-corrected chi connectivity index (χ0v) is 21.4. The molecule has 3 rings (SSSR count). The van der Waals surface area contributed by atoms with Crippen molar-refractivity contribution in [1.29, 1.82) is 0 Å². The molecule has 0 bridgehead atoms. The van der Waals surface area contributed by atoms with E-state index < -0.39 is 0 Å². The van der Waals surface area contributed by atoms with E-state index in [0.29, 0.717) is 29.9 Å². The monoisotopic (exact) mass is 484 g/mol. The van der Waals surface area contributed by atoms with Gasteiger partial charge in [0.2, 0.25) is 5.91 Å². The third-order valence-electron chi connectivity index (χ3n) is 5.34. The molecule has 0 aliphatic heterocycles. The lowest BCUT2D eigenvalue weighted by Crippen LogP contribution is -2.28. The molecule has 1 aromatic heterocycles. The van der Waals surface area contributed by atoms with Crippen molar-refractivity contribution in [1.82, 2.24) is 20.1 Å². The Hall–Kier alpha value is -3.04. The van der Waals surface area contributed by atoms with E-state index in [4.69, 9.17) is 14.2 Å². The lowest BCUT2D eigenvalue weighted by molar-refractivity contribution is -0.119. The zero-order chi connectivity index (χ0) is 24.7. The van der Waals surface area contributed by atoms with Gasteiger partial charge in [-0.1, -0.05) is 30.0 Å². The van der Waals surface area contributed by atoms with Crippen LogP contribution in [0.15, 0.2) is 41.6 Å². The number of hydrogen-bond donors (Lipinski definition) is 1. The number of aromatic nitrogens is 3. The molecule has 9 heteroatoms. The number of methoxy groups -OCH3 is 2. The molecule has 1 amide bonds. The Balaban J connectivity index is 1.64. The lowest BCUT2D eigenvalue weighted by atomic mass is 10.1. The van der Waals surface area contributed by atoms with E-state index in [-0.39, 0.29) is 17.7 Å². The predicted molar refractivity (Wildman–Crippen MR) is 133 cm³/mol. The van der Waals surface area contributed by atoms with Crippen molar-refractivity contribution in [2.24, 2.45) is 0 Å². The van der Waals surface area contributed by atoms with Gasteiger partial charge in [-0.2, -0.15) is 0 Å². The number of thioether (sulfide) groups is 1. The molecule has 0 spiro atoms. The molecule has 0 aliphatic carbocycles. The van der Waals surface area contributed by atoms with E-state index in [1.807, 2.05) is 36.6 Å². The minimum Gasteiger partial charge on any atom is -0.493 e. The van der Waals surface area contributed by atoms with Gasteiger partial charge in [0.05, 0.1) is 31.2 Å². The maximum atomic E-state index is 12.7. The summed E-state index contributed by atoms with van der Waals surface area (Å²) in [6.07, 6.45) is 0. The van der Waals surface area contributed by atoms with Crippen molar-refractivity contribution in [3.05, 3.63) is 58.9 Å². The van der Waals surface area contributed by atoms with Crippen molar-refractivity contribution < 1.29 is 19.0 Å².